The number of rotatable bonds is 7. The molecule has 0 radical (unpaired) electrons. The van der Waals surface area contributed by atoms with Gasteiger partial charge in [0.15, 0.2) is 6.04 Å². The van der Waals surface area contributed by atoms with E-state index in [0.717, 1.165) is 5.56 Å². The average molecular weight is 329 g/mol. The molecule has 120 valence electrons. The van der Waals surface area contributed by atoms with Crippen LogP contribution in [0.1, 0.15) is 12.0 Å². The van der Waals surface area contributed by atoms with Crippen LogP contribution in [0.5, 0.6) is 0 Å². The molecule has 0 bridgehead atoms. The number of nitrogens with two attached hydrogens (primary N) is 1. The molecule has 2 atom stereocenters. The second kappa shape index (κ2) is 8.35. The minimum absolute atomic E-state index is 0.128. The Hall–Kier alpha value is -2.12. The number of hydrogen-bond acceptors (Lipinski definition) is 5. The van der Waals surface area contributed by atoms with Crippen molar-refractivity contribution in [3.8, 4) is 0 Å². The summed E-state index contributed by atoms with van der Waals surface area (Å²) < 4.78 is 5.26. The van der Waals surface area contributed by atoms with Crippen molar-refractivity contribution in [3.63, 3.8) is 0 Å². The number of carbonyl (C=O) groups excluding carboxylic acids is 2. The first kappa shape index (κ1) is 17.9. The van der Waals surface area contributed by atoms with Gasteiger partial charge in [-0.3, -0.25) is 9.59 Å². The molecule has 0 aliphatic heterocycles. The zero-order chi connectivity index (χ0) is 16.7. The lowest BCUT2D eigenvalue weighted by molar-refractivity contribution is -0.149. The zero-order valence-electron chi connectivity index (χ0n) is 11.9. The van der Waals surface area contributed by atoms with Crippen LogP contribution in [-0.2, 0) is 25.5 Å². The third-order valence-electron chi connectivity index (χ3n) is 2.94. The number of carbonyl (C=O) groups is 3. The molecule has 0 spiro atoms. The first-order valence-electron chi connectivity index (χ1n) is 6.44. The number of nitrogens with zero attached hydrogens (tertiary/aromatic N) is 1. The highest BCUT2D eigenvalue weighted by atomic mass is 35.5. The van der Waals surface area contributed by atoms with Gasteiger partial charge in [0.25, 0.3) is 5.91 Å². The summed E-state index contributed by atoms with van der Waals surface area (Å²) in [5.41, 5.74) is 6.25. The van der Waals surface area contributed by atoms with E-state index >= 15 is 0 Å². The van der Waals surface area contributed by atoms with E-state index in [4.69, 9.17) is 22.6 Å². The van der Waals surface area contributed by atoms with E-state index in [1.165, 1.54) is 7.11 Å². The second-order valence-corrected chi connectivity index (χ2v) is 4.95. The third-order valence-corrected chi connectivity index (χ3v) is 3.34. The van der Waals surface area contributed by atoms with Gasteiger partial charge in [0.1, 0.15) is 0 Å². The van der Waals surface area contributed by atoms with Crippen LogP contribution in [0.3, 0.4) is 0 Å². The largest absolute Gasteiger partial charge is 0.481 e. The summed E-state index contributed by atoms with van der Waals surface area (Å²) in [5.74, 6) is -2.80. The van der Waals surface area contributed by atoms with Crippen LogP contribution in [0.25, 0.3) is 0 Å². The Morgan fingerprint density at radius 3 is 2.41 bits per heavy atom. The van der Waals surface area contributed by atoms with Gasteiger partial charge in [0.2, 0.25) is 0 Å². The molecule has 1 aromatic carbocycles. The molecular formula is C14H17ClN2O5. The Bertz CT molecular complexity index is 537. The number of amides is 1. The molecule has 1 aromatic rings. The van der Waals surface area contributed by atoms with Crippen LogP contribution < -0.4 is 5.73 Å². The summed E-state index contributed by atoms with van der Waals surface area (Å²) in [6, 6.07) is 6.47. The molecule has 0 aliphatic rings. The Morgan fingerprint density at radius 2 is 1.91 bits per heavy atom. The van der Waals surface area contributed by atoms with Gasteiger partial charge in [-0.2, -0.15) is 0 Å². The van der Waals surface area contributed by atoms with Gasteiger partial charge in [0, 0.05) is 18.2 Å². The highest BCUT2D eigenvalue weighted by molar-refractivity contribution is 6.23. The Morgan fingerprint density at radius 1 is 1.32 bits per heavy atom. The molecule has 8 heteroatoms. The lowest BCUT2D eigenvalue weighted by atomic mass is 10.1. The normalized spacial score (nSPS) is 13.0. The maximum absolute atomic E-state index is 12.0. The van der Waals surface area contributed by atoms with Crippen molar-refractivity contribution in [2.24, 2.45) is 5.73 Å². The van der Waals surface area contributed by atoms with Crippen LogP contribution in [0.15, 0.2) is 30.3 Å². The molecule has 0 saturated carbocycles. The van der Waals surface area contributed by atoms with Crippen molar-refractivity contribution in [2.75, 3.05) is 7.11 Å². The fraction of sp³-hybridized carbons (Fsp3) is 0.357. The van der Waals surface area contributed by atoms with Gasteiger partial charge in [-0.1, -0.05) is 30.3 Å². The molecule has 1 amide bonds. The first-order valence-corrected chi connectivity index (χ1v) is 6.78. The van der Waals surface area contributed by atoms with Crippen molar-refractivity contribution in [3.05, 3.63) is 35.9 Å². The van der Waals surface area contributed by atoms with E-state index < -0.39 is 36.4 Å². The predicted molar refractivity (Wildman–Crippen MR) is 78.9 cm³/mol. The van der Waals surface area contributed by atoms with E-state index in [0.29, 0.717) is 4.42 Å². The lowest BCUT2D eigenvalue weighted by Gasteiger charge is -2.25. The van der Waals surface area contributed by atoms with Gasteiger partial charge >= 0.3 is 11.9 Å². The SMILES string of the molecule is COC(=O)C(Cc1ccccc1)N(Cl)C(=O)[C@@H](N)CC(=O)O. The molecule has 0 aliphatic carbocycles. The van der Waals surface area contributed by atoms with Crippen molar-refractivity contribution >= 4 is 29.6 Å². The molecule has 0 heterocycles. The fourth-order valence-corrected chi connectivity index (χ4v) is 2.09. The van der Waals surface area contributed by atoms with E-state index in [2.05, 4.69) is 4.74 Å². The monoisotopic (exact) mass is 328 g/mol. The number of esters is 1. The van der Waals surface area contributed by atoms with E-state index in [1.807, 2.05) is 6.07 Å². The summed E-state index contributed by atoms with van der Waals surface area (Å²) in [5, 5.41) is 8.66. The minimum Gasteiger partial charge on any atom is -0.481 e. The fourth-order valence-electron chi connectivity index (χ4n) is 1.82. The Balaban J connectivity index is 2.89. The lowest BCUT2D eigenvalue weighted by Crippen LogP contribution is -2.48. The topological polar surface area (TPSA) is 110 Å². The van der Waals surface area contributed by atoms with Crippen molar-refractivity contribution in [1.29, 1.82) is 0 Å². The Kier molecular flexibility index (Phi) is 6.81. The van der Waals surface area contributed by atoms with Crippen LogP contribution in [-0.4, -0.2) is 46.6 Å². The summed E-state index contributed by atoms with van der Waals surface area (Å²) in [6.45, 7) is 0. The molecule has 3 N–H and O–H groups in total. The van der Waals surface area contributed by atoms with Gasteiger partial charge in [-0.25, -0.2) is 9.21 Å². The molecule has 0 fully saturated rings. The number of halogens is 1. The van der Waals surface area contributed by atoms with Crippen LogP contribution in [0.2, 0.25) is 0 Å². The van der Waals surface area contributed by atoms with E-state index in [9.17, 15) is 14.4 Å². The van der Waals surface area contributed by atoms with Crippen molar-refractivity contribution in [2.45, 2.75) is 24.9 Å². The highest BCUT2D eigenvalue weighted by Gasteiger charge is 2.33. The number of hydrogen-bond donors (Lipinski definition) is 2. The standard InChI is InChI=1S/C14H17ClN2O5/c1-22-14(21)11(7-9-5-3-2-4-6-9)17(15)13(20)10(16)8-12(18)19/h2-6,10-11H,7-8,16H2,1H3,(H,18,19)/t10-,11?/m0/s1. The molecule has 1 unspecified atom stereocenters. The quantitative estimate of drug-likeness (QED) is 0.559. The second-order valence-electron chi connectivity index (χ2n) is 4.58. The summed E-state index contributed by atoms with van der Waals surface area (Å²) in [6.07, 6.45) is -0.455. The van der Waals surface area contributed by atoms with E-state index in [1.54, 1.807) is 24.3 Å². The number of carboxylic acid groups (broad SMARTS) is 1. The maximum Gasteiger partial charge on any atom is 0.330 e. The minimum atomic E-state index is -1.34. The summed E-state index contributed by atoms with van der Waals surface area (Å²) in [7, 11) is 1.17. The Labute approximate surface area is 132 Å². The van der Waals surface area contributed by atoms with Gasteiger partial charge in [0.05, 0.1) is 19.6 Å². The van der Waals surface area contributed by atoms with Crippen molar-refractivity contribution in [1.82, 2.24) is 4.42 Å². The zero-order valence-corrected chi connectivity index (χ0v) is 12.7. The van der Waals surface area contributed by atoms with Crippen molar-refractivity contribution < 1.29 is 24.2 Å². The van der Waals surface area contributed by atoms with Gasteiger partial charge < -0.3 is 15.6 Å². The number of methoxy groups -OCH3 is 1. The summed E-state index contributed by atoms with van der Waals surface area (Å²) in [4.78, 5) is 34.5. The van der Waals surface area contributed by atoms with Gasteiger partial charge in [-0.05, 0) is 5.56 Å². The molecule has 0 aromatic heterocycles. The predicted octanol–water partition coefficient (Wildman–Crippen LogP) is 0.555. The van der Waals surface area contributed by atoms with Crippen LogP contribution in [0, 0.1) is 0 Å². The van der Waals surface area contributed by atoms with Crippen LogP contribution in [0.4, 0.5) is 0 Å². The molecular weight excluding hydrogens is 312 g/mol. The first-order chi connectivity index (χ1) is 10.4. The average Bonchev–Trinajstić information content (AvgIpc) is 2.50. The maximum atomic E-state index is 12.0. The summed E-state index contributed by atoms with van der Waals surface area (Å²) >= 11 is 5.91. The smallest absolute Gasteiger partial charge is 0.330 e. The van der Waals surface area contributed by atoms with Crippen LogP contribution >= 0.6 is 11.8 Å². The van der Waals surface area contributed by atoms with E-state index in [-0.39, 0.29) is 6.42 Å². The highest BCUT2D eigenvalue weighted by Crippen LogP contribution is 2.15. The third kappa shape index (κ3) is 5.01. The molecule has 22 heavy (non-hydrogen) atoms. The number of carboxylic acids is 1. The van der Waals surface area contributed by atoms with Gasteiger partial charge in [-0.15, -0.1) is 0 Å². The molecule has 0 saturated heterocycles. The number of benzene rings is 1. The molecule has 7 nitrogen and oxygen atoms in total. The number of aliphatic carboxylic acids is 1. The number of ether oxygens (including phenoxy) is 1. The molecule has 1 rings (SSSR count).